The zero-order valence-corrected chi connectivity index (χ0v) is 12.7. The Hall–Kier alpha value is -2.13. The first kappa shape index (κ1) is 13.5. The molecule has 0 saturated heterocycles. The number of halogens is 1. The molecule has 22 heavy (non-hydrogen) atoms. The maximum absolute atomic E-state index is 14.5. The molecule has 0 amide bonds. The van der Waals surface area contributed by atoms with Gasteiger partial charge in [-0.1, -0.05) is 42.5 Å². The van der Waals surface area contributed by atoms with E-state index >= 15 is 0 Å². The van der Waals surface area contributed by atoms with E-state index in [2.05, 4.69) is 34.7 Å². The standard InChI is InChI=1S/C19H19FN2/c1-21-11-10-18-16(13-21)15-8-5-9-17(20)19(15)22(18)12-14-6-3-2-4-7-14/h2-9H,10-13H2,1H3. The Morgan fingerprint density at radius 2 is 1.86 bits per heavy atom. The van der Waals surface area contributed by atoms with E-state index in [1.165, 1.54) is 16.8 Å². The molecule has 112 valence electrons. The van der Waals surface area contributed by atoms with Gasteiger partial charge in [0.2, 0.25) is 0 Å². The number of para-hydroxylation sites is 1. The van der Waals surface area contributed by atoms with Crippen molar-refractivity contribution >= 4 is 10.9 Å². The summed E-state index contributed by atoms with van der Waals surface area (Å²) in [5.74, 6) is -0.120. The molecule has 3 aromatic rings. The van der Waals surface area contributed by atoms with Crippen LogP contribution in [0.25, 0.3) is 10.9 Å². The fraction of sp³-hybridized carbons (Fsp3) is 0.263. The van der Waals surface area contributed by atoms with Gasteiger partial charge in [-0.15, -0.1) is 0 Å². The minimum absolute atomic E-state index is 0.120. The minimum atomic E-state index is -0.120. The average Bonchev–Trinajstić information content (AvgIpc) is 2.83. The highest BCUT2D eigenvalue weighted by molar-refractivity contribution is 5.86. The molecule has 2 heterocycles. The zero-order chi connectivity index (χ0) is 15.1. The topological polar surface area (TPSA) is 8.17 Å². The van der Waals surface area contributed by atoms with Gasteiger partial charge >= 0.3 is 0 Å². The van der Waals surface area contributed by atoms with E-state index in [0.29, 0.717) is 0 Å². The third-order valence-electron chi connectivity index (χ3n) is 4.60. The number of nitrogens with zero attached hydrogens (tertiary/aromatic N) is 2. The molecule has 0 N–H and O–H groups in total. The van der Waals surface area contributed by atoms with Gasteiger partial charge in [-0.2, -0.15) is 0 Å². The number of rotatable bonds is 2. The Morgan fingerprint density at radius 1 is 1.05 bits per heavy atom. The highest BCUT2D eigenvalue weighted by atomic mass is 19.1. The van der Waals surface area contributed by atoms with Gasteiger partial charge in [-0.05, 0) is 24.2 Å². The summed E-state index contributed by atoms with van der Waals surface area (Å²) in [6.45, 7) is 2.66. The van der Waals surface area contributed by atoms with E-state index in [1.807, 2.05) is 24.3 Å². The fourth-order valence-corrected chi connectivity index (χ4v) is 3.53. The van der Waals surface area contributed by atoms with Crippen molar-refractivity contribution in [2.45, 2.75) is 19.5 Å². The van der Waals surface area contributed by atoms with Crippen LogP contribution in [0.1, 0.15) is 16.8 Å². The van der Waals surface area contributed by atoms with Gasteiger partial charge in [0.15, 0.2) is 0 Å². The largest absolute Gasteiger partial charge is 0.337 e. The van der Waals surface area contributed by atoms with Crippen molar-refractivity contribution in [3.8, 4) is 0 Å². The summed E-state index contributed by atoms with van der Waals surface area (Å²) in [6, 6.07) is 15.7. The first-order valence-corrected chi connectivity index (χ1v) is 7.75. The number of aromatic nitrogens is 1. The lowest BCUT2D eigenvalue weighted by molar-refractivity contribution is 0.310. The molecule has 3 heteroatoms. The van der Waals surface area contributed by atoms with Gasteiger partial charge in [0.05, 0.1) is 5.52 Å². The van der Waals surface area contributed by atoms with Crippen LogP contribution in [0.15, 0.2) is 48.5 Å². The highest BCUT2D eigenvalue weighted by Crippen LogP contribution is 2.32. The lowest BCUT2D eigenvalue weighted by Gasteiger charge is -2.24. The molecule has 0 bridgehead atoms. The van der Waals surface area contributed by atoms with Gasteiger partial charge in [0, 0.05) is 37.1 Å². The predicted octanol–water partition coefficient (Wildman–Crippen LogP) is 3.82. The average molecular weight is 294 g/mol. The number of likely N-dealkylation sites (N-methyl/N-ethyl adjacent to an activating group) is 1. The van der Waals surface area contributed by atoms with Crippen LogP contribution in [-0.2, 0) is 19.5 Å². The summed E-state index contributed by atoms with van der Waals surface area (Å²) in [6.07, 6.45) is 0.979. The first-order valence-electron chi connectivity index (χ1n) is 7.75. The van der Waals surface area contributed by atoms with E-state index in [9.17, 15) is 4.39 Å². The highest BCUT2D eigenvalue weighted by Gasteiger charge is 2.23. The second kappa shape index (κ2) is 5.25. The van der Waals surface area contributed by atoms with E-state index in [0.717, 1.165) is 37.0 Å². The Balaban J connectivity index is 1.93. The maximum Gasteiger partial charge on any atom is 0.147 e. The molecule has 2 nitrogen and oxygen atoms in total. The van der Waals surface area contributed by atoms with Crippen LogP contribution in [0.3, 0.4) is 0 Å². The molecule has 1 aliphatic rings. The molecular weight excluding hydrogens is 275 g/mol. The molecule has 0 atom stereocenters. The third kappa shape index (κ3) is 2.13. The lowest BCUT2D eigenvalue weighted by atomic mass is 10.0. The second-order valence-electron chi connectivity index (χ2n) is 6.12. The summed E-state index contributed by atoms with van der Waals surface area (Å²) in [5, 5.41) is 1.07. The van der Waals surface area contributed by atoms with E-state index in [-0.39, 0.29) is 5.82 Å². The normalized spacial score (nSPS) is 15.2. The molecule has 0 fully saturated rings. The molecule has 4 rings (SSSR count). The number of benzene rings is 2. The van der Waals surface area contributed by atoms with Crippen molar-refractivity contribution in [1.82, 2.24) is 9.47 Å². The molecule has 2 aromatic carbocycles. The van der Waals surface area contributed by atoms with Crippen LogP contribution in [0.5, 0.6) is 0 Å². The molecule has 1 aliphatic heterocycles. The molecule has 0 radical (unpaired) electrons. The predicted molar refractivity (Wildman–Crippen MR) is 87.5 cm³/mol. The lowest BCUT2D eigenvalue weighted by Crippen LogP contribution is -2.27. The smallest absolute Gasteiger partial charge is 0.147 e. The number of hydrogen-bond acceptors (Lipinski definition) is 1. The Kier molecular flexibility index (Phi) is 3.23. The van der Waals surface area contributed by atoms with Crippen molar-refractivity contribution < 1.29 is 4.39 Å². The summed E-state index contributed by atoms with van der Waals surface area (Å²) >= 11 is 0. The van der Waals surface area contributed by atoms with Crippen molar-refractivity contribution in [3.05, 3.63) is 71.2 Å². The van der Waals surface area contributed by atoms with E-state index in [4.69, 9.17) is 0 Å². The van der Waals surface area contributed by atoms with Crippen LogP contribution in [0, 0.1) is 5.82 Å². The summed E-state index contributed by atoms with van der Waals surface area (Å²) in [4.78, 5) is 2.31. The van der Waals surface area contributed by atoms with Crippen LogP contribution in [0.4, 0.5) is 4.39 Å². The van der Waals surface area contributed by atoms with Gasteiger partial charge in [0.25, 0.3) is 0 Å². The van der Waals surface area contributed by atoms with Gasteiger partial charge in [-0.3, -0.25) is 0 Å². The number of hydrogen-bond donors (Lipinski definition) is 0. The van der Waals surface area contributed by atoms with Gasteiger partial charge in [-0.25, -0.2) is 4.39 Å². The quantitative estimate of drug-likeness (QED) is 0.697. The second-order valence-corrected chi connectivity index (χ2v) is 6.12. The Labute approximate surface area is 129 Å². The van der Waals surface area contributed by atoms with E-state index < -0.39 is 0 Å². The third-order valence-corrected chi connectivity index (χ3v) is 4.60. The maximum atomic E-state index is 14.5. The first-order chi connectivity index (χ1) is 10.7. The van der Waals surface area contributed by atoms with Crippen molar-refractivity contribution in [2.75, 3.05) is 13.6 Å². The minimum Gasteiger partial charge on any atom is -0.337 e. The SMILES string of the molecule is CN1CCc2c(c3cccc(F)c3n2Cc2ccccc2)C1. The van der Waals surface area contributed by atoms with Crippen molar-refractivity contribution in [2.24, 2.45) is 0 Å². The molecule has 0 spiro atoms. The summed E-state index contributed by atoms with van der Waals surface area (Å²) < 4.78 is 16.7. The fourth-order valence-electron chi connectivity index (χ4n) is 3.53. The molecule has 0 unspecified atom stereocenters. The number of fused-ring (bicyclic) bond motifs is 3. The van der Waals surface area contributed by atoms with E-state index in [1.54, 1.807) is 6.07 Å². The monoisotopic (exact) mass is 294 g/mol. The Bertz CT molecular complexity index is 820. The summed E-state index contributed by atoms with van der Waals surface area (Å²) in [5.41, 5.74) is 4.55. The molecule has 0 aliphatic carbocycles. The van der Waals surface area contributed by atoms with Crippen molar-refractivity contribution in [1.29, 1.82) is 0 Å². The zero-order valence-electron chi connectivity index (χ0n) is 12.7. The van der Waals surface area contributed by atoms with Crippen LogP contribution < -0.4 is 0 Å². The molecule has 0 saturated carbocycles. The Morgan fingerprint density at radius 3 is 2.68 bits per heavy atom. The van der Waals surface area contributed by atoms with Crippen molar-refractivity contribution in [3.63, 3.8) is 0 Å². The molecular formula is C19H19FN2. The van der Waals surface area contributed by atoms with Crippen LogP contribution in [0.2, 0.25) is 0 Å². The van der Waals surface area contributed by atoms with Gasteiger partial charge < -0.3 is 9.47 Å². The van der Waals surface area contributed by atoms with Gasteiger partial charge in [0.1, 0.15) is 5.82 Å². The van der Waals surface area contributed by atoms with Crippen LogP contribution >= 0.6 is 0 Å². The molecule has 1 aromatic heterocycles. The summed E-state index contributed by atoms with van der Waals surface area (Å²) in [7, 11) is 2.13. The van der Waals surface area contributed by atoms with Crippen LogP contribution in [-0.4, -0.2) is 23.1 Å².